The van der Waals surface area contributed by atoms with E-state index in [0.29, 0.717) is 23.4 Å². The van der Waals surface area contributed by atoms with E-state index in [-0.39, 0.29) is 5.56 Å². The standard InChI is InChI=1S/C15H17N3O2/c1-9-5-14(16)18(15(19)6-9)17-8-11-3-4-13(20-11)12-7-10(12)2/h3-6,8,10,12H,7,16H2,1-2H3/b17-8-/t10-,12+/m0/s1. The van der Waals surface area contributed by atoms with Crippen LogP contribution in [0.25, 0.3) is 0 Å². The van der Waals surface area contributed by atoms with Gasteiger partial charge in [-0.2, -0.15) is 9.78 Å². The molecule has 0 aromatic carbocycles. The molecule has 2 aromatic heterocycles. The Hall–Kier alpha value is -2.30. The van der Waals surface area contributed by atoms with Gasteiger partial charge in [0.15, 0.2) is 0 Å². The Morgan fingerprint density at radius 2 is 2.20 bits per heavy atom. The van der Waals surface area contributed by atoms with Gasteiger partial charge in [0.25, 0.3) is 5.56 Å². The van der Waals surface area contributed by atoms with Gasteiger partial charge in [0.05, 0.1) is 6.21 Å². The molecule has 1 fully saturated rings. The number of nitrogen functional groups attached to an aromatic ring is 1. The van der Waals surface area contributed by atoms with Crippen LogP contribution < -0.4 is 11.3 Å². The van der Waals surface area contributed by atoms with E-state index in [1.807, 2.05) is 19.1 Å². The summed E-state index contributed by atoms with van der Waals surface area (Å²) in [6, 6.07) is 7.03. The fraction of sp³-hybridized carbons (Fsp3) is 0.333. The van der Waals surface area contributed by atoms with Crippen LogP contribution in [0.5, 0.6) is 0 Å². The summed E-state index contributed by atoms with van der Waals surface area (Å²) in [4.78, 5) is 11.8. The first kappa shape index (κ1) is 12.7. The zero-order valence-electron chi connectivity index (χ0n) is 11.5. The average molecular weight is 271 g/mol. The SMILES string of the molecule is Cc1cc(N)n(/N=C\c2ccc([C@@H]3C[C@@H]3C)o2)c(=O)c1. The number of furan rings is 1. The van der Waals surface area contributed by atoms with E-state index in [0.717, 1.165) is 16.0 Å². The molecule has 20 heavy (non-hydrogen) atoms. The van der Waals surface area contributed by atoms with Crippen molar-refractivity contribution in [3.8, 4) is 0 Å². The van der Waals surface area contributed by atoms with Gasteiger partial charge >= 0.3 is 0 Å². The molecule has 0 spiro atoms. The van der Waals surface area contributed by atoms with E-state index in [1.54, 1.807) is 6.07 Å². The van der Waals surface area contributed by atoms with Crippen LogP contribution in [0.4, 0.5) is 5.82 Å². The first-order chi connectivity index (χ1) is 9.54. The third-order valence-corrected chi connectivity index (χ3v) is 3.60. The van der Waals surface area contributed by atoms with Crippen LogP contribution in [0.1, 0.15) is 36.3 Å². The molecule has 0 amide bonds. The minimum atomic E-state index is -0.249. The number of hydrogen-bond acceptors (Lipinski definition) is 4. The second-order valence-electron chi connectivity index (χ2n) is 5.41. The fourth-order valence-electron chi connectivity index (χ4n) is 2.31. The van der Waals surface area contributed by atoms with Gasteiger partial charge in [-0.25, -0.2) is 0 Å². The molecule has 1 saturated carbocycles. The molecular formula is C15H17N3O2. The van der Waals surface area contributed by atoms with Crippen molar-refractivity contribution in [1.29, 1.82) is 0 Å². The number of aryl methyl sites for hydroxylation is 1. The number of aromatic nitrogens is 1. The van der Waals surface area contributed by atoms with Gasteiger partial charge in [-0.3, -0.25) is 4.79 Å². The highest BCUT2D eigenvalue weighted by Crippen LogP contribution is 2.47. The minimum absolute atomic E-state index is 0.249. The lowest BCUT2D eigenvalue weighted by atomic mass is 10.3. The highest BCUT2D eigenvalue weighted by Gasteiger charge is 2.36. The van der Waals surface area contributed by atoms with E-state index in [2.05, 4.69) is 12.0 Å². The number of nitrogens with zero attached hydrogens (tertiary/aromatic N) is 2. The summed E-state index contributed by atoms with van der Waals surface area (Å²) >= 11 is 0. The summed E-state index contributed by atoms with van der Waals surface area (Å²) < 4.78 is 6.86. The number of hydrogen-bond donors (Lipinski definition) is 1. The number of pyridine rings is 1. The van der Waals surface area contributed by atoms with Crippen LogP contribution in [0.2, 0.25) is 0 Å². The van der Waals surface area contributed by atoms with Crippen LogP contribution >= 0.6 is 0 Å². The van der Waals surface area contributed by atoms with Crippen molar-refractivity contribution >= 4 is 12.0 Å². The third-order valence-electron chi connectivity index (χ3n) is 3.60. The van der Waals surface area contributed by atoms with E-state index in [1.165, 1.54) is 18.7 Å². The van der Waals surface area contributed by atoms with E-state index >= 15 is 0 Å². The van der Waals surface area contributed by atoms with E-state index in [4.69, 9.17) is 10.2 Å². The average Bonchev–Trinajstić information content (AvgIpc) is 2.92. The molecule has 2 aromatic rings. The van der Waals surface area contributed by atoms with Gasteiger partial charge in [-0.05, 0) is 43.0 Å². The summed E-state index contributed by atoms with van der Waals surface area (Å²) in [5.74, 6) is 3.16. The molecule has 2 atom stereocenters. The van der Waals surface area contributed by atoms with Crippen molar-refractivity contribution < 1.29 is 4.42 Å². The molecule has 0 unspecified atom stereocenters. The molecule has 2 N–H and O–H groups in total. The largest absolute Gasteiger partial charge is 0.460 e. The smallest absolute Gasteiger partial charge is 0.273 e. The Morgan fingerprint density at radius 3 is 2.85 bits per heavy atom. The molecule has 3 rings (SSSR count). The first-order valence-corrected chi connectivity index (χ1v) is 6.68. The lowest BCUT2D eigenvalue weighted by Gasteiger charge is -2.02. The third kappa shape index (κ3) is 2.39. The van der Waals surface area contributed by atoms with Crippen molar-refractivity contribution in [3.05, 3.63) is 51.7 Å². The molecule has 0 bridgehead atoms. The van der Waals surface area contributed by atoms with Crippen LogP contribution in [0.3, 0.4) is 0 Å². The second-order valence-corrected chi connectivity index (χ2v) is 5.41. The predicted octanol–water partition coefficient (Wildman–Crippen LogP) is 2.34. The molecule has 1 aliphatic rings. The van der Waals surface area contributed by atoms with E-state index in [9.17, 15) is 4.79 Å². The molecule has 0 saturated heterocycles. The number of anilines is 1. The van der Waals surface area contributed by atoms with Crippen LogP contribution in [0, 0.1) is 12.8 Å². The summed E-state index contributed by atoms with van der Waals surface area (Å²) in [7, 11) is 0. The predicted molar refractivity (Wildman–Crippen MR) is 78.1 cm³/mol. The molecule has 0 aliphatic heterocycles. The lowest BCUT2D eigenvalue weighted by Crippen LogP contribution is -2.19. The summed E-state index contributed by atoms with van der Waals surface area (Å²) in [5, 5.41) is 4.09. The maximum Gasteiger partial charge on any atom is 0.273 e. The monoisotopic (exact) mass is 271 g/mol. The van der Waals surface area contributed by atoms with Gasteiger partial charge in [0, 0.05) is 12.0 Å². The highest BCUT2D eigenvalue weighted by atomic mass is 16.3. The normalized spacial score (nSPS) is 21.5. The molecule has 104 valence electrons. The Bertz CT molecular complexity index is 727. The molecule has 5 nitrogen and oxygen atoms in total. The zero-order valence-corrected chi connectivity index (χ0v) is 11.5. The van der Waals surface area contributed by atoms with Gasteiger partial charge in [-0.15, -0.1) is 0 Å². The van der Waals surface area contributed by atoms with Crippen LogP contribution in [0.15, 0.2) is 38.6 Å². The highest BCUT2D eigenvalue weighted by molar-refractivity contribution is 5.76. The molecule has 2 heterocycles. The maximum atomic E-state index is 11.8. The molecule has 5 heteroatoms. The Morgan fingerprint density at radius 1 is 1.45 bits per heavy atom. The van der Waals surface area contributed by atoms with Crippen LogP contribution in [-0.4, -0.2) is 10.9 Å². The summed E-state index contributed by atoms with van der Waals surface area (Å²) in [6.07, 6.45) is 2.69. The summed E-state index contributed by atoms with van der Waals surface area (Å²) in [5.41, 5.74) is 6.36. The minimum Gasteiger partial charge on any atom is -0.460 e. The van der Waals surface area contributed by atoms with Crippen molar-refractivity contribution in [2.24, 2.45) is 11.0 Å². The lowest BCUT2D eigenvalue weighted by molar-refractivity contribution is 0.500. The van der Waals surface area contributed by atoms with E-state index < -0.39 is 0 Å². The number of nitrogens with two attached hydrogens (primary N) is 1. The fourth-order valence-corrected chi connectivity index (χ4v) is 2.31. The Labute approximate surface area is 116 Å². The maximum absolute atomic E-state index is 11.8. The van der Waals surface area contributed by atoms with Crippen LogP contribution in [-0.2, 0) is 0 Å². The van der Waals surface area contributed by atoms with Gasteiger partial charge in [0.1, 0.15) is 17.3 Å². The van der Waals surface area contributed by atoms with Crippen molar-refractivity contribution in [2.45, 2.75) is 26.2 Å². The van der Waals surface area contributed by atoms with Gasteiger partial charge in [0.2, 0.25) is 0 Å². The summed E-state index contributed by atoms with van der Waals surface area (Å²) in [6.45, 7) is 4.02. The first-order valence-electron chi connectivity index (χ1n) is 6.68. The Balaban J connectivity index is 1.84. The Kier molecular flexibility index (Phi) is 2.97. The quantitative estimate of drug-likeness (QED) is 0.871. The van der Waals surface area contributed by atoms with Crippen molar-refractivity contribution in [1.82, 2.24) is 4.68 Å². The van der Waals surface area contributed by atoms with Crippen molar-refractivity contribution in [2.75, 3.05) is 5.73 Å². The van der Waals surface area contributed by atoms with Gasteiger partial charge < -0.3 is 10.2 Å². The zero-order chi connectivity index (χ0) is 14.3. The topological polar surface area (TPSA) is 73.5 Å². The second kappa shape index (κ2) is 4.67. The molecule has 0 radical (unpaired) electrons. The van der Waals surface area contributed by atoms with Crippen molar-refractivity contribution in [3.63, 3.8) is 0 Å². The molecular weight excluding hydrogens is 254 g/mol. The van der Waals surface area contributed by atoms with Gasteiger partial charge in [-0.1, -0.05) is 6.92 Å². The molecule has 1 aliphatic carbocycles. The number of rotatable bonds is 3.